The van der Waals surface area contributed by atoms with E-state index >= 15 is 0 Å². The zero-order chi connectivity index (χ0) is 21.6. The van der Waals surface area contributed by atoms with Crippen LogP contribution >= 0.6 is 15.9 Å². The zero-order valence-electron chi connectivity index (χ0n) is 17.3. The number of carbonyl (C=O) groups is 1. The fourth-order valence-corrected chi connectivity index (χ4v) is 4.12. The lowest BCUT2D eigenvalue weighted by Gasteiger charge is -2.28. The van der Waals surface area contributed by atoms with Crippen molar-refractivity contribution >= 4 is 28.1 Å². The standard InChI is InChI=1S/C25H24BrN3O2/c1-31-24-11-10-23(26)14-22(24)15-27-28-25(30)20-8-6-18(7-9-20)16-29-13-12-19-4-2-3-5-21(19)17-29/h2-11,14-15H,12-13,16-17H2,1H3,(H,28,30)/b27-15-. The smallest absolute Gasteiger partial charge is 0.271 e. The summed E-state index contributed by atoms with van der Waals surface area (Å²) in [6, 6.07) is 22.0. The number of ether oxygens (including phenoxy) is 1. The Balaban J connectivity index is 1.34. The van der Waals surface area contributed by atoms with Crippen LogP contribution < -0.4 is 10.2 Å². The van der Waals surface area contributed by atoms with E-state index in [0.29, 0.717) is 11.3 Å². The Morgan fingerprint density at radius 3 is 2.68 bits per heavy atom. The fraction of sp³-hybridized carbons (Fsp3) is 0.200. The second-order valence-corrected chi connectivity index (χ2v) is 8.43. The van der Waals surface area contributed by atoms with Gasteiger partial charge in [0.1, 0.15) is 5.75 Å². The molecule has 5 nitrogen and oxygen atoms in total. The average molecular weight is 478 g/mol. The third-order valence-corrected chi connectivity index (χ3v) is 5.89. The first-order valence-electron chi connectivity index (χ1n) is 10.2. The Hall–Kier alpha value is -2.96. The van der Waals surface area contributed by atoms with Gasteiger partial charge in [-0.15, -0.1) is 0 Å². The van der Waals surface area contributed by atoms with E-state index in [1.807, 2.05) is 42.5 Å². The van der Waals surface area contributed by atoms with Gasteiger partial charge in [0.2, 0.25) is 0 Å². The summed E-state index contributed by atoms with van der Waals surface area (Å²) in [5.74, 6) is 0.439. The molecule has 0 aliphatic carbocycles. The van der Waals surface area contributed by atoms with Gasteiger partial charge in [-0.1, -0.05) is 52.3 Å². The lowest BCUT2D eigenvalue weighted by atomic mass is 9.99. The number of amides is 1. The summed E-state index contributed by atoms with van der Waals surface area (Å²) in [5, 5.41) is 4.07. The minimum absolute atomic E-state index is 0.247. The second kappa shape index (κ2) is 9.90. The number of hydrazone groups is 1. The van der Waals surface area contributed by atoms with Crippen molar-refractivity contribution in [1.29, 1.82) is 0 Å². The monoisotopic (exact) mass is 477 g/mol. The minimum atomic E-state index is -0.247. The van der Waals surface area contributed by atoms with Gasteiger partial charge in [0, 0.05) is 35.2 Å². The highest BCUT2D eigenvalue weighted by molar-refractivity contribution is 9.10. The Morgan fingerprint density at radius 2 is 1.90 bits per heavy atom. The summed E-state index contributed by atoms with van der Waals surface area (Å²) in [6.07, 6.45) is 2.65. The Morgan fingerprint density at radius 1 is 1.13 bits per heavy atom. The third-order valence-electron chi connectivity index (χ3n) is 5.39. The topological polar surface area (TPSA) is 53.9 Å². The summed E-state index contributed by atoms with van der Waals surface area (Å²) in [4.78, 5) is 14.9. The Bertz CT molecular complexity index is 1100. The maximum atomic E-state index is 12.4. The lowest BCUT2D eigenvalue weighted by molar-refractivity contribution is 0.0955. The number of hydrogen-bond donors (Lipinski definition) is 1. The first-order chi connectivity index (χ1) is 15.1. The van der Waals surface area contributed by atoms with E-state index < -0.39 is 0 Å². The predicted octanol–water partition coefficient (Wildman–Crippen LogP) is 4.78. The van der Waals surface area contributed by atoms with Crippen molar-refractivity contribution in [3.05, 3.63) is 99.0 Å². The molecule has 0 radical (unpaired) electrons. The number of halogens is 1. The molecule has 6 heteroatoms. The van der Waals surface area contributed by atoms with Gasteiger partial charge in [0.25, 0.3) is 5.91 Å². The molecule has 0 spiro atoms. The van der Waals surface area contributed by atoms with Gasteiger partial charge in [-0.25, -0.2) is 5.43 Å². The van der Waals surface area contributed by atoms with Crippen LogP contribution in [0.2, 0.25) is 0 Å². The van der Waals surface area contributed by atoms with Crippen molar-refractivity contribution in [2.24, 2.45) is 5.10 Å². The largest absolute Gasteiger partial charge is 0.496 e. The number of fused-ring (bicyclic) bond motifs is 1. The molecule has 3 aromatic carbocycles. The van der Waals surface area contributed by atoms with E-state index in [2.05, 4.69) is 55.6 Å². The molecule has 0 fully saturated rings. The highest BCUT2D eigenvalue weighted by Gasteiger charge is 2.16. The Kier molecular flexibility index (Phi) is 6.79. The highest BCUT2D eigenvalue weighted by atomic mass is 79.9. The summed E-state index contributed by atoms with van der Waals surface area (Å²) < 4.78 is 6.22. The molecule has 0 atom stereocenters. The number of nitrogens with one attached hydrogen (secondary N) is 1. The number of carbonyl (C=O) groups excluding carboxylic acids is 1. The third kappa shape index (κ3) is 5.40. The van der Waals surface area contributed by atoms with Crippen molar-refractivity contribution in [2.75, 3.05) is 13.7 Å². The molecule has 0 saturated heterocycles. The molecule has 31 heavy (non-hydrogen) atoms. The quantitative estimate of drug-likeness (QED) is 0.410. The van der Waals surface area contributed by atoms with Crippen molar-refractivity contribution in [3.63, 3.8) is 0 Å². The van der Waals surface area contributed by atoms with Crippen molar-refractivity contribution < 1.29 is 9.53 Å². The van der Waals surface area contributed by atoms with E-state index in [0.717, 1.165) is 36.1 Å². The van der Waals surface area contributed by atoms with Gasteiger partial charge >= 0.3 is 0 Å². The molecule has 1 N–H and O–H groups in total. The number of benzene rings is 3. The maximum absolute atomic E-state index is 12.4. The van der Waals surface area contributed by atoms with Crippen LogP contribution in [0.5, 0.6) is 5.75 Å². The fourth-order valence-electron chi connectivity index (χ4n) is 3.74. The van der Waals surface area contributed by atoms with Gasteiger partial charge in [-0.2, -0.15) is 5.10 Å². The number of methoxy groups -OCH3 is 1. The molecular formula is C25H24BrN3O2. The maximum Gasteiger partial charge on any atom is 0.271 e. The molecule has 4 rings (SSSR count). The predicted molar refractivity (Wildman–Crippen MR) is 126 cm³/mol. The number of rotatable bonds is 6. The van der Waals surface area contributed by atoms with Gasteiger partial charge in [0.05, 0.1) is 13.3 Å². The molecule has 1 heterocycles. The lowest BCUT2D eigenvalue weighted by Crippen LogP contribution is -2.30. The summed E-state index contributed by atoms with van der Waals surface area (Å²) in [6.45, 7) is 2.89. The van der Waals surface area contributed by atoms with Crippen molar-refractivity contribution in [3.8, 4) is 5.75 Å². The van der Waals surface area contributed by atoms with Crippen molar-refractivity contribution in [2.45, 2.75) is 19.5 Å². The average Bonchev–Trinajstić information content (AvgIpc) is 2.79. The van der Waals surface area contributed by atoms with Crippen LogP contribution in [0, 0.1) is 0 Å². The molecule has 1 amide bonds. The van der Waals surface area contributed by atoms with Gasteiger partial charge in [-0.3, -0.25) is 9.69 Å². The summed E-state index contributed by atoms with van der Waals surface area (Å²) in [7, 11) is 1.60. The van der Waals surface area contributed by atoms with E-state index in [4.69, 9.17) is 4.74 Å². The van der Waals surface area contributed by atoms with E-state index in [1.165, 1.54) is 16.7 Å². The van der Waals surface area contributed by atoms with Crippen LogP contribution in [0.3, 0.4) is 0 Å². The highest BCUT2D eigenvalue weighted by Crippen LogP contribution is 2.22. The van der Waals surface area contributed by atoms with E-state index in [1.54, 1.807) is 13.3 Å². The van der Waals surface area contributed by atoms with Crippen LogP contribution in [0.15, 0.2) is 76.3 Å². The van der Waals surface area contributed by atoms with E-state index in [-0.39, 0.29) is 5.91 Å². The van der Waals surface area contributed by atoms with Gasteiger partial charge in [-0.05, 0) is 53.4 Å². The number of hydrogen-bond acceptors (Lipinski definition) is 4. The second-order valence-electron chi connectivity index (χ2n) is 7.51. The summed E-state index contributed by atoms with van der Waals surface area (Å²) >= 11 is 3.43. The van der Waals surface area contributed by atoms with E-state index in [9.17, 15) is 4.79 Å². The normalized spacial score (nSPS) is 13.7. The first kappa shape index (κ1) is 21.3. The van der Waals surface area contributed by atoms with Crippen molar-refractivity contribution in [1.82, 2.24) is 10.3 Å². The van der Waals surface area contributed by atoms with Crippen LogP contribution in [0.25, 0.3) is 0 Å². The van der Waals surface area contributed by atoms with Crippen LogP contribution in [0.4, 0.5) is 0 Å². The zero-order valence-corrected chi connectivity index (χ0v) is 18.9. The molecule has 1 aliphatic heterocycles. The van der Waals surface area contributed by atoms with Crippen LogP contribution in [-0.4, -0.2) is 30.7 Å². The van der Waals surface area contributed by atoms with Gasteiger partial charge in [0.15, 0.2) is 0 Å². The van der Waals surface area contributed by atoms with Crippen LogP contribution in [0.1, 0.15) is 32.6 Å². The first-order valence-corrected chi connectivity index (χ1v) is 11.0. The summed E-state index contributed by atoms with van der Waals surface area (Å²) in [5.41, 5.74) is 7.98. The molecule has 3 aromatic rings. The molecule has 0 aromatic heterocycles. The molecule has 0 unspecified atom stereocenters. The molecule has 0 bridgehead atoms. The number of nitrogens with zero attached hydrogens (tertiary/aromatic N) is 2. The minimum Gasteiger partial charge on any atom is -0.496 e. The molecular weight excluding hydrogens is 454 g/mol. The van der Waals surface area contributed by atoms with Gasteiger partial charge < -0.3 is 4.74 Å². The molecule has 158 valence electrons. The Labute approximate surface area is 190 Å². The SMILES string of the molecule is COc1ccc(Br)cc1/C=N\NC(=O)c1ccc(CN2CCc3ccccc3C2)cc1. The molecule has 1 aliphatic rings. The van der Waals surface area contributed by atoms with Crippen LogP contribution in [-0.2, 0) is 19.5 Å². The molecule has 0 saturated carbocycles.